The fourth-order valence-corrected chi connectivity index (χ4v) is 5.75. The van der Waals surface area contributed by atoms with Crippen molar-refractivity contribution in [1.29, 1.82) is 0 Å². The molecular weight excluding hydrogens is 485 g/mol. The van der Waals surface area contributed by atoms with Crippen molar-refractivity contribution in [2.45, 2.75) is 22.7 Å². The van der Waals surface area contributed by atoms with Crippen LogP contribution in [0.15, 0.2) is 69.4 Å². The van der Waals surface area contributed by atoms with Crippen LogP contribution >= 0.6 is 11.6 Å². The van der Waals surface area contributed by atoms with Crippen molar-refractivity contribution < 1.29 is 22.7 Å². The number of carbonyl (C=O) groups excluding carboxylic acids is 1. The molecule has 0 radical (unpaired) electrons. The number of aromatic nitrogens is 1. The Labute approximate surface area is 198 Å². The number of amides is 1. The molecule has 2 aromatic carbocycles. The number of carbonyl (C=O) groups is 1. The van der Waals surface area contributed by atoms with E-state index in [0.717, 1.165) is 23.9 Å². The standard InChI is InChI=1S/C23H19ClFN3O5S/c24-15-4-2-14(3-5-15)12-27-22(31)18-13-26-20-17(21(18)30)10-16(25)11-19(20)34(32,33)23(7-9-29)6-1-8-28-23/h1-6,8,10-11,13,29H,7,9,12H2,(H,26,30)(H,27,31). The molecule has 3 aromatic rings. The number of halogens is 2. The monoisotopic (exact) mass is 503 g/mol. The lowest BCUT2D eigenvalue weighted by atomic mass is 10.1. The van der Waals surface area contributed by atoms with Crippen molar-refractivity contribution in [2.24, 2.45) is 4.99 Å². The lowest BCUT2D eigenvalue weighted by Gasteiger charge is -2.24. The van der Waals surface area contributed by atoms with E-state index in [4.69, 9.17) is 11.6 Å². The van der Waals surface area contributed by atoms with Crippen LogP contribution in [0.5, 0.6) is 0 Å². The molecule has 4 rings (SSSR count). The van der Waals surface area contributed by atoms with Crippen molar-refractivity contribution in [3.05, 3.63) is 86.9 Å². The topological polar surface area (TPSA) is 129 Å². The number of aliphatic imine (C=N–C) groups is 1. The van der Waals surface area contributed by atoms with Gasteiger partial charge in [0, 0.05) is 37.0 Å². The molecule has 1 aliphatic heterocycles. The van der Waals surface area contributed by atoms with Gasteiger partial charge in [-0.2, -0.15) is 0 Å². The van der Waals surface area contributed by atoms with Gasteiger partial charge in [-0.1, -0.05) is 23.7 Å². The fourth-order valence-electron chi connectivity index (χ4n) is 3.72. The summed E-state index contributed by atoms with van der Waals surface area (Å²) < 4.78 is 41.5. The predicted molar refractivity (Wildman–Crippen MR) is 126 cm³/mol. The average molecular weight is 504 g/mol. The average Bonchev–Trinajstić information content (AvgIpc) is 3.29. The molecule has 2 heterocycles. The molecule has 0 bridgehead atoms. The zero-order chi connectivity index (χ0) is 24.5. The second-order valence-corrected chi connectivity index (χ2v) is 10.2. The minimum absolute atomic E-state index is 0.115. The Morgan fingerprint density at radius 2 is 1.97 bits per heavy atom. The molecular formula is C23H19ClFN3O5S. The van der Waals surface area contributed by atoms with Gasteiger partial charge in [0.2, 0.25) is 15.3 Å². The van der Waals surface area contributed by atoms with Crippen molar-refractivity contribution >= 4 is 44.5 Å². The number of hydrogen-bond donors (Lipinski definition) is 3. The van der Waals surface area contributed by atoms with Gasteiger partial charge in [0.25, 0.3) is 5.91 Å². The second-order valence-electron chi connectivity index (χ2n) is 7.63. The first-order valence-electron chi connectivity index (χ1n) is 10.1. The highest BCUT2D eigenvalue weighted by Gasteiger charge is 2.44. The first-order chi connectivity index (χ1) is 16.2. The first kappa shape index (κ1) is 23.8. The van der Waals surface area contributed by atoms with Crippen molar-refractivity contribution in [1.82, 2.24) is 10.3 Å². The van der Waals surface area contributed by atoms with Crippen LogP contribution in [0.25, 0.3) is 10.9 Å². The molecule has 8 nitrogen and oxygen atoms in total. The third-order valence-electron chi connectivity index (χ3n) is 5.49. The number of nitrogens with one attached hydrogen (secondary N) is 2. The van der Waals surface area contributed by atoms with E-state index >= 15 is 0 Å². The van der Waals surface area contributed by atoms with Crippen molar-refractivity contribution in [3.63, 3.8) is 0 Å². The zero-order valence-corrected chi connectivity index (χ0v) is 19.2. The molecule has 34 heavy (non-hydrogen) atoms. The summed E-state index contributed by atoms with van der Waals surface area (Å²) in [4.78, 5) is 30.0. The maximum atomic E-state index is 14.5. The maximum Gasteiger partial charge on any atom is 0.257 e. The van der Waals surface area contributed by atoms with Crippen LogP contribution < -0.4 is 10.7 Å². The van der Waals surface area contributed by atoms with Gasteiger partial charge in [-0.15, -0.1) is 0 Å². The number of aromatic amines is 1. The highest BCUT2D eigenvalue weighted by molar-refractivity contribution is 7.93. The van der Waals surface area contributed by atoms with Crippen LogP contribution in [-0.2, 0) is 16.4 Å². The summed E-state index contributed by atoms with van der Waals surface area (Å²) in [7, 11) is -4.38. The third kappa shape index (κ3) is 4.15. The largest absolute Gasteiger partial charge is 0.396 e. The molecule has 0 aliphatic carbocycles. The summed E-state index contributed by atoms with van der Waals surface area (Å²) in [5.74, 6) is -1.69. The number of sulfone groups is 1. The molecule has 0 spiro atoms. The van der Waals surface area contributed by atoms with E-state index in [9.17, 15) is 27.5 Å². The number of fused-ring (bicyclic) bond motifs is 1. The molecule has 1 unspecified atom stereocenters. The minimum Gasteiger partial charge on any atom is -0.396 e. The van der Waals surface area contributed by atoms with E-state index in [2.05, 4.69) is 15.3 Å². The quantitative estimate of drug-likeness (QED) is 0.456. The Hall–Kier alpha value is -3.34. The molecule has 3 N–H and O–H groups in total. The number of benzene rings is 2. The normalized spacial score (nSPS) is 17.4. The van der Waals surface area contributed by atoms with Gasteiger partial charge < -0.3 is 15.4 Å². The summed E-state index contributed by atoms with van der Waals surface area (Å²) in [6.07, 6.45) is 4.83. The number of aliphatic hydroxyl groups is 1. The van der Waals surface area contributed by atoms with Gasteiger partial charge in [0.05, 0.1) is 15.8 Å². The number of H-pyrrole nitrogens is 1. The van der Waals surface area contributed by atoms with Crippen LogP contribution in [0, 0.1) is 5.82 Å². The van der Waals surface area contributed by atoms with E-state index in [1.165, 1.54) is 18.4 Å². The second kappa shape index (κ2) is 9.13. The number of pyridine rings is 1. The Bertz CT molecular complexity index is 1490. The number of nitrogens with zero attached hydrogens (tertiary/aromatic N) is 1. The highest BCUT2D eigenvalue weighted by Crippen LogP contribution is 2.36. The lowest BCUT2D eigenvalue weighted by Crippen LogP contribution is -2.35. The first-order valence-corrected chi connectivity index (χ1v) is 12.0. The van der Waals surface area contributed by atoms with Crippen LogP contribution in [0.3, 0.4) is 0 Å². The smallest absolute Gasteiger partial charge is 0.257 e. The Morgan fingerprint density at radius 1 is 1.24 bits per heavy atom. The summed E-state index contributed by atoms with van der Waals surface area (Å²) in [5, 5.41) is 12.2. The summed E-state index contributed by atoms with van der Waals surface area (Å²) >= 11 is 5.84. The minimum atomic E-state index is -4.38. The highest BCUT2D eigenvalue weighted by atomic mass is 35.5. The van der Waals surface area contributed by atoms with Gasteiger partial charge in [-0.25, -0.2) is 12.8 Å². The van der Waals surface area contributed by atoms with Gasteiger partial charge in [-0.05, 0) is 42.0 Å². The van der Waals surface area contributed by atoms with Gasteiger partial charge in [-0.3, -0.25) is 14.6 Å². The molecule has 0 saturated carbocycles. The van der Waals surface area contributed by atoms with Crippen molar-refractivity contribution in [3.8, 4) is 0 Å². The summed E-state index contributed by atoms with van der Waals surface area (Å²) in [5.41, 5.74) is -0.554. The van der Waals surface area contributed by atoms with Crippen molar-refractivity contribution in [2.75, 3.05) is 6.61 Å². The van der Waals surface area contributed by atoms with E-state index in [1.54, 1.807) is 24.3 Å². The van der Waals surface area contributed by atoms with Crippen LogP contribution in [0.4, 0.5) is 4.39 Å². The molecule has 11 heteroatoms. The maximum absolute atomic E-state index is 14.5. The Balaban J connectivity index is 1.75. The van der Waals surface area contributed by atoms with E-state index in [1.807, 2.05) is 0 Å². The summed E-state index contributed by atoms with van der Waals surface area (Å²) in [6, 6.07) is 8.39. The number of allylic oxidation sites excluding steroid dienone is 1. The van der Waals surface area contributed by atoms with Gasteiger partial charge in [0.15, 0.2) is 4.87 Å². The lowest BCUT2D eigenvalue weighted by molar-refractivity contribution is 0.0949. The van der Waals surface area contributed by atoms with Crippen LogP contribution in [-0.4, -0.2) is 42.1 Å². The molecule has 1 atom stereocenters. The molecule has 0 saturated heterocycles. The van der Waals surface area contributed by atoms with E-state index in [0.29, 0.717) is 5.02 Å². The molecule has 1 aromatic heterocycles. The van der Waals surface area contributed by atoms with Crippen LogP contribution in [0.1, 0.15) is 22.3 Å². The van der Waals surface area contributed by atoms with E-state index in [-0.39, 0.29) is 29.4 Å². The zero-order valence-electron chi connectivity index (χ0n) is 17.6. The predicted octanol–water partition coefficient (Wildman–Crippen LogP) is 2.74. The van der Waals surface area contributed by atoms with Crippen LogP contribution in [0.2, 0.25) is 5.02 Å². The summed E-state index contributed by atoms with van der Waals surface area (Å²) in [6.45, 7) is -0.368. The molecule has 1 aliphatic rings. The Kier molecular flexibility index (Phi) is 6.39. The fraction of sp³-hybridized carbons (Fsp3) is 0.174. The third-order valence-corrected chi connectivity index (χ3v) is 8.02. The molecule has 0 fully saturated rings. The molecule has 176 valence electrons. The van der Waals surface area contributed by atoms with Gasteiger partial charge in [0.1, 0.15) is 11.4 Å². The number of rotatable bonds is 7. The SMILES string of the molecule is O=C(NCc1ccc(Cl)cc1)c1c[nH]c2c(S(=O)(=O)C3(CCO)C=CC=N3)cc(F)cc2c1=O. The van der Waals surface area contributed by atoms with Gasteiger partial charge >= 0.3 is 0 Å². The Morgan fingerprint density at radius 3 is 2.62 bits per heavy atom. The molecule has 1 amide bonds. The number of hydrogen-bond acceptors (Lipinski definition) is 6. The van der Waals surface area contributed by atoms with E-state index < -0.39 is 43.4 Å². The number of aliphatic hydroxyl groups excluding tert-OH is 1.